The Hall–Kier alpha value is -0.960. The van der Waals surface area contributed by atoms with Crippen LogP contribution in [0.1, 0.15) is 36.2 Å². The Balaban J connectivity index is 2.66. The third kappa shape index (κ3) is 3.59. The van der Waals surface area contributed by atoms with Crippen molar-refractivity contribution < 1.29 is 4.79 Å². The fourth-order valence-electron chi connectivity index (χ4n) is 1.17. The fourth-order valence-corrected chi connectivity index (χ4v) is 1.38. The molecule has 1 atom stereocenters. The van der Waals surface area contributed by atoms with Gasteiger partial charge in [0.05, 0.1) is 0 Å². The van der Waals surface area contributed by atoms with Crippen molar-refractivity contribution in [3.05, 3.63) is 35.4 Å². The van der Waals surface area contributed by atoms with Crippen molar-refractivity contribution in [3.63, 3.8) is 0 Å². The molecule has 1 rings (SSSR count). The molecule has 1 N–H and O–H groups in total. The molecule has 3 heteroatoms. The van der Waals surface area contributed by atoms with Crippen LogP contribution in [0.4, 0.5) is 0 Å². The normalized spacial score (nSPS) is 12.2. The molecule has 0 radical (unpaired) electrons. The van der Waals surface area contributed by atoms with E-state index in [2.05, 4.69) is 24.9 Å². The average molecular weight is 223 g/mol. The maximum absolute atomic E-state index is 11.7. The highest BCUT2D eigenvalue weighted by atomic mass is 32.1. The van der Waals surface area contributed by atoms with Gasteiger partial charge in [0.15, 0.2) is 0 Å². The summed E-state index contributed by atoms with van der Waals surface area (Å²) in [6, 6.07) is 7.76. The van der Waals surface area contributed by atoms with Crippen molar-refractivity contribution in [2.75, 3.05) is 0 Å². The zero-order valence-electron chi connectivity index (χ0n) is 9.16. The second-order valence-corrected chi connectivity index (χ2v) is 3.95. The van der Waals surface area contributed by atoms with E-state index in [1.807, 2.05) is 31.2 Å². The molecular weight excluding hydrogens is 206 g/mol. The quantitative estimate of drug-likeness (QED) is 0.755. The van der Waals surface area contributed by atoms with Gasteiger partial charge in [-0.2, -0.15) is 12.6 Å². The zero-order valence-corrected chi connectivity index (χ0v) is 10.1. The maximum atomic E-state index is 11.7. The van der Waals surface area contributed by atoms with E-state index in [1.165, 1.54) is 0 Å². The second-order valence-electron chi connectivity index (χ2n) is 3.64. The van der Waals surface area contributed by atoms with Crippen molar-refractivity contribution >= 4 is 18.5 Å². The number of carbonyl (C=O) groups excluding carboxylic acids is 1. The lowest BCUT2D eigenvalue weighted by atomic mass is 10.1. The molecule has 0 spiro atoms. The Morgan fingerprint density at radius 3 is 2.47 bits per heavy atom. The van der Waals surface area contributed by atoms with Crippen molar-refractivity contribution in [3.8, 4) is 0 Å². The second kappa shape index (κ2) is 5.81. The van der Waals surface area contributed by atoms with Crippen LogP contribution in [0.2, 0.25) is 0 Å². The van der Waals surface area contributed by atoms with Gasteiger partial charge in [0.1, 0.15) is 0 Å². The van der Waals surface area contributed by atoms with Gasteiger partial charge in [0.2, 0.25) is 0 Å². The third-order valence-electron chi connectivity index (χ3n) is 2.39. The minimum absolute atomic E-state index is 0.00457. The lowest BCUT2D eigenvalue weighted by molar-refractivity contribution is 0.0939. The molecule has 0 heterocycles. The minimum atomic E-state index is -0.00457. The third-order valence-corrected chi connectivity index (χ3v) is 2.75. The Kier molecular flexibility index (Phi) is 4.69. The lowest BCUT2D eigenvalue weighted by Crippen LogP contribution is -2.31. The number of benzene rings is 1. The molecule has 0 saturated carbocycles. The van der Waals surface area contributed by atoms with E-state index >= 15 is 0 Å². The van der Waals surface area contributed by atoms with E-state index in [1.54, 1.807) is 0 Å². The van der Waals surface area contributed by atoms with Crippen molar-refractivity contribution in [1.82, 2.24) is 5.32 Å². The first-order valence-corrected chi connectivity index (χ1v) is 5.81. The molecule has 1 unspecified atom stereocenters. The predicted molar refractivity (Wildman–Crippen MR) is 66.4 cm³/mol. The van der Waals surface area contributed by atoms with Gasteiger partial charge in [0.25, 0.3) is 5.91 Å². The molecule has 0 bridgehead atoms. The van der Waals surface area contributed by atoms with Crippen LogP contribution in [0.3, 0.4) is 0 Å². The molecule has 0 aliphatic rings. The van der Waals surface area contributed by atoms with E-state index in [4.69, 9.17) is 0 Å². The summed E-state index contributed by atoms with van der Waals surface area (Å²) in [6.07, 6.45) is 0.945. The summed E-state index contributed by atoms with van der Waals surface area (Å²) in [7, 11) is 0. The number of rotatable bonds is 4. The molecule has 15 heavy (non-hydrogen) atoms. The summed E-state index contributed by atoms with van der Waals surface area (Å²) < 4.78 is 0. The highest BCUT2D eigenvalue weighted by molar-refractivity contribution is 7.79. The molecule has 82 valence electrons. The number of thiol groups is 1. The number of carbonyl (C=O) groups is 1. The molecule has 0 saturated heterocycles. The average Bonchev–Trinajstić information content (AvgIpc) is 2.29. The van der Waals surface area contributed by atoms with Crippen molar-refractivity contribution in [2.45, 2.75) is 32.1 Å². The van der Waals surface area contributed by atoms with E-state index in [0.29, 0.717) is 11.3 Å². The van der Waals surface area contributed by atoms with Crippen LogP contribution < -0.4 is 5.32 Å². The minimum Gasteiger partial charge on any atom is -0.350 e. The first kappa shape index (κ1) is 12.1. The molecule has 0 aliphatic carbocycles. The van der Waals surface area contributed by atoms with Gasteiger partial charge in [-0.1, -0.05) is 19.1 Å². The molecule has 2 nitrogen and oxygen atoms in total. The maximum Gasteiger partial charge on any atom is 0.251 e. The summed E-state index contributed by atoms with van der Waals surface area (Å²) in [4.78, 5) is 11.7. The summed E-state index contributed by atoms with van der Waals surface area (Å²) in [5.41, 5.74) is 1.83. The Morgan fingerprint density at radius 2 is 2.00 bits per heavy atom. The molecule has 0 fully saturated rings. The smallest absolute Gasteiger partial charge is 0.251 e. The highest BCUT2D eigenvalue weighted by Crippen LogP contribution is 2.07. The van der Waals surface area contributed by atoms with Crippen LogP contribution in [0.15, 0.2) is 24.3 Å². The first-order valence-electron chi connectivity index (χ1n) is 5.18. The first-order chi connectivity index (χ1) is 7.17. The van der Waals surface area contributed by atoms with Crippen LogP contribution in [0, 0.1) is 0 Å². The van der Waals surface area contributed by atoms with Crippen LogP contribution in [-0.4, -0.2) is 11.9 Å². The molecule has 1 aromatic rings. The Labute approximate surface area is 96.5 Å². The number of hydrogen-bond acceptors (Lipinski definition) is 2. The fraction of sp³-hybridized carbons (Fsp3) is 0.417. The van der Waals surface area contributed by atoms with E-state index in [9.17, 15) is 4.79 Å². The van der Waals surface area contributed by atoms with Gasteiger partial charge in [-0.3, -0.25) is 4.79 Å². The van der Waals surface area contributed by atoms with E-state index in [0.717, 1.165) is 12.0 Å². The molecular formula is C12H17NOS. The summed E-state index contributed by atoms with van der Waals surface area (Å²) in [5, 5.41) is 2.93. The van der Waals surface area contributed by atoms with Gasteiger partial charge < -0.3 is 5.32 Å². The summed E-state index contributed by atoms with van der Waals surface area (Å²) in [5.74, 6) is 0.697. The van der Waals surface area contributed by atoms with Gasteiger partial charge in [-0.25, -0.2) is 0 Å². The largest absolute Gasteiger partial charge is 0.350 e. The monoisotopic (exact) mass is 223 g/mol. The van der Waals surface area contributed by atoms with Crippen molar-refractivity contribution in [1.29, 1.82) is 0 Å². The Bertz CT molecular complexity index is 321. The van der Waals surface area contributed by atoms with Crippen LogP contribution in [0.5, 0.6) is 0 Å². The highest BCUT2D eigenvalue weighted by Gasteiger charge is 2.07. The Morgan fingerprint density at radius 1 is 1.40 bits per heavy atom. The van der Waals surface area contributed by atoms with Crippen LogP contribution in [0.25, 0.3) is 0 Å². The van der Waals surface area contributed by atoms with Crippen LogP contribution >= 0.6 is 12.6 Å². The SMILES string of the molecule is CCC(C)NC(=O)c1ccc(CS)cc1. The molecule has 1 amide bonds. The zero-order chi connectivity index (χ0) is 11.3. The summed E-state index contributed by atoms with van der Waals surface area (Å²) in [6.45, 7) is 4.05. The number of amides is 1. The standard InChI is InChI=1S/C12H17NOS/c1-3-9(2)13-12(14)11-6-4-10(8-15)5-7-11/h4-7,9,15H,3,8H2,1-2H3,(H,13,14). The molecule has 0 aliphatic heterocycles. The van der Waals surface area contributed by atoms with Gasteiger partial charge in [0, 0.05) is 17.4 Å². The molecule has 0 aromatic heterocycles. The topological polar surface area (TPSA) is 29.1 Å². The molecule has 1 aromatic carbocycles. The predicted octanol–water partition coefficient (Wildman–Crippen LogP) is 2.64. The number of nitrogens with one attached hydrogen (secondary N) is 1. The van der Waals surface area contributed by atoms with E-state index in [-0.39, 0.29) is 11.9 Å². The van der Waals surface area contributed by atoms with Gasteiger partial charge in [-0.15, -0.1) is 0 Å². The number of hydrogen-bond donors (Lipinski definition) is 2. The van der Waals surface area contributed by atoms with Gasteiger partial charge in [-0.05, 0) is 31.0 Å². The van der Waals surface area contributed by atoms with Crippen molar-refractivity contribution in [2.24, 2.45) is 0 Å². The summed E-state index contributed by atoms with van der Waals surface area (Å²) >= 11 is 4.17. The van der Waals surface area contributed by atoms with Crippen LogP contribution in [-0.2, 0) is 5.75 Å². The van der Waals surface area contributed by atoms with Gasteiger partial charge >= 0.3 is 0 Å². The van der Waals surface area contributed by atoms with E-state index < -0.39 is 0 Å². The lowest BCUT2D eigenvalue weighted by Gasteiger charge is -2.11.